The van der Waals surface area contributed by atoms with Crippen molar-refractivity contribution >= 4 is 69.9 Å². The van der Waals surface area contributed by atoms with Crippen LogP contribution in [0.2, 0.25) is 15.1 Å². The van der Waals surface area contributed by atoms with Gasteiger partial charge in [0, 0.05) is 75.6 Å². The average Bonchev–Trinajstić information content (AvgIpc) is 3.15. The summed E-state index contributed by atoms with van der Waals surface area (Å²) in [7, 11) is -6.45. The smallest absolute Gasteiger partial charge is 0.415 e. The van der Waals surface area contributed by atoms with Crippen molar-refractivity contribution in [1.29, 1.82) is 0 Å². The Bertz CT molecular complexity index is 1840. The summed E-state index contributed by atoms with van der Waals surface area (Å²) in [4.78, 5) is 13.2. The SMILES string of the molecule is COP(=O)(OC)O/C(=C\C(c1ccc(Cl)cc1)C(/C=C(\OC(=O)/C=C/c1ccc(Cl)cc1)P(=O)(OC)OC)c1ccc(Cl)cc1)P(=O)(OC)OC. The van der Waals surface area contributed by atoms with E-state index < -0.39 is 51.8 Å². The lowest BCUT2D eigenvalue weighted by Gasteiger charge is -2.28. The molecule has 276 valence electrons. The molecule has 3 aromatic carbocycles. The molecule has 0 saturated carbocycles. The number of esters is 1. The summed E-state index contributed by atoms with van der Waals surface area (Å²) in [6.45, 7) is 0. The van der Waals surface area contributed by atoms with E-state index in [0.29, 0.717) is 31.8 Å². The summed E-state index contributed by atoms with van der Waals surface area (Å²) in [5.41, 5.74) is 0.587. The van der Waals surface area contributed by atoms with Gasteiger partial charge in [0.2, 0.25) is 11.0 Å². The monoisotopic (exact) mass is 822 g/mol. The number of carbonyl (C=O) groups excluding carboxylic acids is 1. The zero-order chi connectivity index (χ0) is 37.8. The van der Waals surface area contributed by atoms with E-state index in [1.54, 1.807) is 72.8 Å². The first-order chi connectivity index (χ1) is 24.2. The topological polar surface area (TPSA) is 142 Å². The van der Waals surface area contributed by atoms with Crippen molar-refractivity contribution in [3.63, 3.8) is 0 Å². The van der Waals surface area contributed by atoms with Crippen LogP contribution in [-0.4, -0.2) is 48.6 Å². The van der Waals surface area contributed by atoms with Gasteiger partial charge >= 0.3 is 29.0 Å². The highest BCUT2D eigenvalue weighted by Crippen LogP contribution is 2.64. The van der Waals surface area contributed by atoms with Crippen molar-refractivity contribution in [3.05, 3.63) is 134 Å². The van der Waals surface area contributed by atoms with Gasteiger partial charge < -0.3 is 27.4 Å². The third-order valence-corrected chi connectivity index (χ3v) is 12.9. The van der Waals surface area contributed by atoms with Crippen LogP contribution < -0.4 is 0 Å². The summed E-state index contributed by atoms with van der Waals surface area (Å²) >= 11 is 18.4. The van der Waals surface area contributed by atoms with E-state index >= 15 is 0 Å². The van der Waals surface area contributed by atoms with E-state index in [4.69, 9.17) is 71.2 Å². The molecule has 0 amide bonds. The van der Waals surface area contributed by atoms with E-state index in [2.05, 4.69) is 0 Å². The first-order valence-corrected chi connectivity index (χ1v) is 20.3. The van der Waals surface area contributed by atoms with Gasteiger partial charge in [0.05, 0.1) is 0 Å². The van der Waals surface area contributed by atoms with Crippen molar-refractivity contribution in [2.24, 2.45) is 0 Å². The second-order valence-corrected chi connectivity index (χ2v) is 17.5. The molecule has 0 aliphatic rings. The Morgan fingerprint density at radius 1 is 0.569 bits per heavy atom. The number of hydrogen-bond donors (Lipinski definition) is 0. The van der Waals surface area contributed by atoms with Gasteiger partial charge in [0.25, 0.3) is 0 Å². The number of allylic oxidation sites excluding steroid dienone is 2. The number of rotatable bonds is 18. The van der Waals surface area contributed by atoms with Crippen LogP contribution in [0, 0.1) is 0 Å². The summed E-state index contributed by atoms with van der Waals surface area (Å²) in [6.07, 6.45) is 5.24. The van der Waals surface area contributed by atoms with E-state index in [1.807, 2.05) is 0 Å². The van der Waals surface area contributed by atoms with Crippen molar-refractivity contribution in [1.82, 2.24) is 0 Å². The fourth-order valence-corrected chi connectivity index (χ4v) is 8.06. The maximum atomic E-state index is 14.0. The van der Waals surface area contributed by atoms with Gasteiger partial charge in [-0.25, -0.2) is 9.36 Å². The summed E-state index contributed by atoms with van der Waals surface area (Å²) < 4.78 is 83.3. The molecule has 0 aromatic heterocycles. The van der Waals surface area contributed by atoms with Gasteiger partial charge in [-0.3, -0.25) is 18.2 Å². The standard InChI is InChI=1S/C33H36Cl3O12P3/c1-41-49(38,42-2)32(47-31(37)20-9-23-7-14-26(34)15-8-23)21-29(24-10-16-27(35)17-11-24)30(25-12-18-28(36)19-13-25)22-33(50(39,43-3)44-4)48-51(40,45-5)46-6/h7-22,29-30H,1-6H3/b20-9+,32-21+,33-22+. The minimum Gasteiger partial charge on any atom is -0.415 e. The van der Waals surface area contributed by atoms with Gasteiger partial charge in [-0.2, -0.15) is 0 Å². The molecule has 0 aliphatic carbocycles. The maximum Gasteiger partial charge on any atom is 0.529 e. The predicted molar refractivity (Wildman–Crippen MR) is 197 cm³/mol. The quantitative estimate of drug-likeness (QED) is 0.0521. The van der Waals surface area contributed by atoms with Crippen molar-refractivity contribution < 1.29 is 54.9 Å². The fraction of sp³-hybridized carbons (Fsp3) is 0.242. The summed E-state index contributed by atoms with van der Waals surface area (Å²) in [5, 5.41) is 1.29. The van der Waals surface area contributed by atoms with E-state index in [1.165, 1.54) is 18.2 Å². The zero-order valence-electron chi connectivity index (χ0n) is 28.3. The Kier molecular flexibility index (Phi) is 16.4. The number of ether oxygens (including phenoxy) is 1. The molecule has 0 aliphatic heterocycles. The van der Waals surface area contributed by atoms with Crippen LogP contribution in [0.4, 0.5) is 0 Å². The number of phosphoric acid groups is 1. The van der Waals surface area contributed by atoms with E-state index in [9.17, 15) is 18.5 Å². The molecule has 18 heteroatoms. The third kappa shape index (κ3) is 11.7. The molecule has 0 radical (unpaired) electrons. The lowest BCUT2D eigenvalue weighted by atomic mass is 9.81. The van der Waals surface area contributed by atoms with Gasteiger partial charge in [0.15, 0.2) is 0 Å². The Morgan fingerprint density at radius 2 is 0.941 bits per heavy atom. The molecule has 0 bridgehead atoms. The van der Waals surface area contributed by atoms with Crippen LogP contribution in [0.25, 0.3) is 6.08 Å². The molecule has 0 N–H and O–H groups in total. The second-order valence-electron chi connectivity index (χ2n) is 10.1. The highest BCUT2D eigenvalue weighted by atomic mass is 35.5. The third-order valence-electron chi connectivity index (χ3n) is 7.18. The molecule has 0 fully saturated rings. The average molecular weight is 824 g/mol. The first kappa shape index (κ1) is 42.9. The normalized spacial score (nSPS) is 14.4. The Hall–Kier alpha value is -2.53. The van der Waals surface area contributed by atoms with Crippen LogP contribution in [0.5, 0.6) is 0 Å². The molecule has 2 atom stereocenters. The van der Waals surface area contributed by atoms with Crippen molar-refractivity contribution in [2.45, 2.75) is 11.8 Å². The molecule has 12 nitrogen and oxygen atoms in total. The largest absolute Gasteiger partial charge is 0.529 e. The van der Waals surface area contributed by atoms with Crippen molar-refractivity contribution in [3.8, 4) is 0 Å². The lowest BCUT2D eigenvalue weighted by molar-refractivity contribution is -0.133. The lowest BCUT2D eigenvalue weighted by Crippen LogP contribution is -2.13. The Labute approximate surface area is 311 Å². The molecular formula is C33H36Cl3O12P3. The second kappa shape index (κ2) is 19.5. The minimum atomic E-state index is -4.37. The van der Waals surface area contributed by atoms with Crippen LogP contribution >= 0.6 is 57.8 Å². The molecule has 2 unspecified atom stereocenters. The molecular weight excluding hydrogens is 788 g/mol. The van der Waals surface area contributed by atoms with E-state index in [-0.39, 0.29) is 0 Å². The van der Waals surface area contributed by atoms with Crippen LogP contribution in [0.1, 0.15) is 28.5 Å². The van der Waals surface area contributed by atoms with Crippen molar-refractivity contribution in [2.75, 3.05) is 42.7 Å². The fourth-order valence-electron chi connectivity index (χ4n) is 4.49. The molecule has 3 aromatic rings. The zero-order valence-corrected chi connectivity index (χ0v) is 33.2. The molecule has 0 saturated heterocycles. The maximum absolute atomic E-state index is 14.0. The molecule has 3 rings (SSSR count). The minimum absolute atomic E-state index is 0.393. The summed E-state index contributed by atoms with van der Waals surface area (Å²) in [6, 6.07) is 19.7. The molecule has 0 heterocycles. The van der Waals surface area contributed by atoms with E-state index in [0.717, 1.165) is 48.7 Å². The highest BCUT2D eigenvalue weighted by molar-refractivity contribution is 7.59. The van der Waals surface area contributed by atoms with Gasteiger partial charge in [-0.1, -0.05) is 71.2 Å². The van der Waals surface area contributed by atoms with Gasteiger partial charge in [-0.05, 0) is 71.3 Å². The number of phosphoric ester groups is 1. The number of halogens is 3. The Morgan fingerprint density at radius 3 is 1.33 bits per heavy atom. The first-order valence-electron chi connectivity index (χ1n) is 14.6. The summed E-state index contributed by atoms with van der Waals surface area (Å²) in [5.74, 6) is -2.91. The van der Waals surface area contributed by atoms with Gasteiger partial charge in [0.1, 0.15) is 0 Å². The van der Waals surface area contributed by atoms with Gasteiger partial charge in [-0.15, -0.1) is 0 Å². The molecule has 51 heavy (non-hydrogen) atoms. The Balaban J connectivity index is 2.38. The number of hydrogen-bond acceptors (Lipinski definition) is 12. The van der Waals surface area contributed by atoms with Crippen LogP contribution in [0.3, 0.4) is 0 Å². The number of carbonyl (C=O) groups is 1. The number of benzene rings is 3. The molecule has 0 spiro atoms. The highest BCUT2D eigenvalue weighted by Gasteiger charge is 2.40. The van der Waals surface area contributed by atoms with Crippen LogP contribution in [0.15, 0.2) is 102 Å². The predicted octanol–water partition coefficient (Wildman–Crippen LogP) is 10.8. The van der Waals surface area contributed by atoms with Crippen LogP contribution in [-0.2, 0) is 54.9 Å².